The zero-order chi connectivity index (χ0) is 14.8. The minimum atomic E-state index is 0.210. The number of aryl methyl sites for hydroxylation is 1. The summed E-state index contributed by atoms with van der Waals surface area (Å²) in [6.45, 7) is 5.25. The lowest BCUT2D eigenvalue weighted by Crippen LogP contribution is -2.40. The summed E-state index contributed by atoms with van der Waals surface area (Å²) in [6, 6.07) is 4.30. The van der Waals surface area contributed by atoms with Gasteiger partial charge in [0.05, 0.1) is 13.1 Å². The number of carbonyl (C=O) groups is 1. The molecule has 0 spiro atoms. The molecule has 3 heterocycles. The highest BCUT2D eigenvalue weighted by molar-refractivity contribution is 7.10. The molecule has 0 aromatic carbocycles. The molecule has 3 nitrogen and oxygen atoms in total. The fourth-order valence-electron chi connectivity index (χ4n) is 2.62. The minimum Gasteiger partial charge on any atom is -0.339 e. The lowest BCUT2D eigenvalue weighted by molar-refractivity contribution is -0.131. The van der Waals surface area contributed by atoms with E-state index >= 15 is 0 Å². The number of amides is 1. The standard InChI is InChI=1S/C16H20N2OS2/c1-12-4-7-21-15(12)10-17(2)16(19)11-18-6-3-14-13(9-18)5-8-20-14/h4-5,7-8H,3,6,9-11H2,1-2H3. The fraction of sp³-hybridized carbons (Fsp3) is 0.438. The van der Waals surface area contributed by atoms with Gasteiger partial charge in [0, 0.05) is 29.9 Å². The third-order valence-corrected chi connectivity index (χ3v) is 6.05. The molecule has 0 aliphatic carbocycles. The molecule has 0 atom stereocenters. The summed E-state index contributed by atoms with van der Waals surface area (Å²) in [7, 11) is 1.90. The van der Waals surface area contributed by atoms with E-state index in [4.69, 9.17) is 0 Å². The van der Waals surface area contributed by atoms with Crippen LogP contribution in [0.1, 0.15) is 20.9 Å². The van der Waals surface area contributed by atoms with Crippen LogP contribution in [0.15, 0.2) is 22.9 Å². The summed E-state index contributed by atoms with van der Waals surface area (Å²) in [5.74, 6) is 0.210. The van der Waals surface area contributed by atoms with Gasteiger partial charge >= 0.3 is 0 Å². The van der Waals surface area contributed by atoms with Gasteiger partial charge in [-0.05, 0) is 47.4 Å². The average molecular weight is 320 g/mol. The lowest BCUT2D eigenvalue weighted by Gasteiger charge is -2.28. The van der Waals surface area contributed by atoms with Crippen LogP contribution in [0.5, 0.6) is 0 Å². The van der Waals surface area contributed by atoms with Gasteiger partial charge < -0.3 is 4.90 Å². The monoisotopic (exact) mass is 320 g/mol. The Morgan fingerprint density at radius 1 is 1.33 bits per heavy atom. The highest BCUT2D eigenvalue weighted by Gasteiger charge is 2.21. The molecule has 0 bridgehead atoms. The quantitative estimate of drug-likeness (QED) is 0.864. The first-order valence-electron chi connectivity index (χ1n) is 7.18. The summed E-state index contributed by atoms with van der Waals surface area (Å²) in [6.07, 6.45) is 1.08. The number of hydrogen-bond donors (Lipinski definition) is 0. The molecule has 2 aromatic rings. The first kappa shape index (κ1) is 14.8. The van der Waals surface area contributed by atoms with Crippen molar-refractivity contribution in [3.8, 4) is 0 Å². The first-order chi connectivity index (χ1) is 10.1. The zero-order valence-corrected chi connectivity index (χ0v) is 14.1. The van der Waals surface area contributed by atoms with Crippen molar-refractivity contribution in [3.63, 3.8) is 0 Å². The Labute approximate surface area is 133 Å². The van der Waals surface area contributed by atoms with Crippen LogP contribution < -0.4 is 0 Å². The number of likely N-dealkylation sites (N-methyl/N-ethyl adjacent to an activating group) is 1. The highest BCUT2D eigenvalue weighted by atomic mass is 32.1. The predicted molar refractivity (Wildman–Crippen MR) is 88.8 cm³/mol. The fourth-order valence-corrected chi connectivity index (χ4v) is 4.47. The smallest absolute Gasteiger partial charge is 0.236 e. The van der Waals surface area contributed by atoms with Gasteiger partial charge in [-0.1, -0.05) is 0 Å². The molecular weight excluding hydrogens is 300 g/mol. The molecular formula is C16H20N2OS2. The largest absolute Gasteiger partial charge is 0.339 e. The third-order valence-electron chi connectivity index (χ3n) is 4.02. The summed E-state index contributed by atoms with van der Waals surface area (Å²) in [4.78, 5) is 19.3. The van der Waals surface area contributed by atoms with E-state index in [1.807, 2.05) is 23.3 Å². The molecule has 3 rings (SSSR count). The van der Waals surface area contributed by atoms with Gasteiger partial charge in [-0.3, -0.25) is 9.69 Å². The van der Waals surface area contributed by atoms with Crippen molar-refractivity contribution in [3.05, 3.63) is 43.8 Å². The number of nitrogens with zero attached hydrogens (tertiary/aromatic N) is 2. The van der Waals surface area contributed by atoms with E-state index in [0.717, 1.165) is 26.1 Å². The van der Waals surface area contributed by atoms with E-state index in [1.54, 1.807) is 11.3 Å². The maximum absolute atomic E-state index is 12.4. The van der Waals surface area contributed by atoms with Gasteiger partial charge in [-0.2, -0.15) is 0 Å². The second-order valence-corrected chi connectivity index (χ2v) is 7.61. The van der Waals surface area contributed by atoms with Crippen molar-refractivity contribution < 1.29 is 4.79 Å². The molecule has 2 aromatic heterocycles. The Hall–Kier alpha value is -1.17. The Kier molecular flexibility index (Phi) is 4.42. The maximum Gasteiger partial charge on any atom is 0.236 e. The van der Waals surface area contributed by atoms with Crippen molar-refractivity contribution in [1.82, 2.24) is 9.80 Å². The molecule has 21 heavy (non-hydrogen) atoms. The Morgan fingerprint density at radius 2 is 2.14 bits per heavy atom. The Bertz CT molecular complexity index is 632. The van der Waals surface area contributed by atoms with E-state index < -0.39 is 0 Å². The maximum atomic E-state index is 12.4. The average Bonchev–Trinajstić information content (AvgIpc) is 3.07. The minimum absolute atomic E-state index is 0.210. The van der Waals surface area contributed by atoms with E-state index in [-0.39, 0.29) is 5.91 Å². The topological polar surface area (TPSA) is 23.6 Å². The zero-order valence-electron chi connectivity index (χ0n) is 12.5. The van der Waals surface area contributed by atoms with Crippen molar-refractivity contribution in [2.24, 2.45) is 0 Å². The normalized spacial score (nSPS) is 15.0. The van der Waals surface area contributed by atoms with E-state index in [2.05, 4.69) is 34.7 Å². The second-order valence-electron chi connectivity index (χ2n) is 5.61. The van der Waals surface area contributed by atoms with Crippen LogP contribution in [0.3, 0.4) is 0 Å². The van der Waals surface area contributed by atoms with Crippen LogP contribution in [-0.2, 0) is 24.3 Å². The lowest BCUT2D eigenvalue weighted by atomic mass is 10.1. The molecule has 0 N–H and O–H groups in total. The number of carbonyl (C=O) groups excluding carboxylic acids is 1. The molecule has 0 unspecified atom stereocenters. The van der Waals surface area contributed by atoms with Gasteiger partial charge in [-0.25, -0.2) is 0 Å². The molecule has 112 valence electrons. The van der Waals surface area contributed by atoms with Crippen LogP contribution in [0.2, 0.25) is 0 Å². The third kappa shape index (κ3) is 3.36. The second kappa shape index (κ2) is 6.30. The molecule has 0 fully saturated rings. The SMILES string of the molecule is Cc1ccsc1CN(C)C(=O)CN1CCc2sccc2C1. The Balaban J connectivity index is 1.56. The number of thiophene rings is 2. The predicted octanol–water partition coefficient (Wildman–Crippen LogP) is 3.13. The Morgan fingerprint density at radius 3 is 2.90 bits per heavy atom. The molecule has 0 saturated heterocycles. The van der Waals surface area contributed by atoms with Crippen LogP contribution in [0.25, 0.3) is 0 Å². The van der Waals surface area contributed by atoms with Crippen LogP contribution >= 0.6 is 22.7 Å². The van der Waals surface area contributed by atoms with Crippen molar-refractivity contribution in [2.75, 3.05) is 20.1 Å². The van der Waals surface area contributed by atoms with Crippen molar-refractivity contribution in [1.29, 1.82) is 0 Å². The van der Waals surface area contributed by atoms with Crippen molar-refractivity contribution in [2.45, 2.75) is 26.4 Å². The van der Waals surface area contributed by atoms with Gasteiger partial charge in [0.15, 0.2) is 0 Å². The van der Waals surface area contributed by atoms with Gasteiger partial charge in [0.2, 0.25) is 5.91 Å². The molecule has 1 aliphatic heterocycles. The van der Waals surface area contributed by atoms with Gasteiger partial charge in [0.1, 0.15) is 0 Å². The molecule has 0 saturated carbocycles. The summed E-state index contributed by atoms with van der Waals surface area (Å²) >= 11 is 3.56. The van der Waals surface area contributed by atoms with Crippen LogP contribution in [0, 0.1) is 6.92 Å². The molecule has 1 amide bonds. The molecule has 0 radical (unpaired) electrons. The van der Waals surface area contributed by atoms with E-state index in [9.17, 15) is 4.79 Å². The molecule has 5 heteroatoms. The van der Waals surface area contributed by atoms with Crippen LogP contribution in [-0.4, -0.2) is 35.8 Å². The van der Waals surface area contributed by atoms with Crippen molar-refractivity contribution >= 4 is 28.6 Å². The number of hydrogen-bond acceptors (Lipinski definition) is 4. The summed E-state index contributed by atoms with van der Waals surface area (Å²) in [5, 5.41) is 4.24. The van der Waals surface area contributed by atoms with E-state index in [0.29, 0.717) is 6.54 Å². The summed E-state index contributed by atoms with van der Waals surface area (Å²) < 4.78 is 0. The highest BCUT2D eigenvalue weighted by Crippen LogP contribution is 2.24. The number of fused-ring (bicyclic) bond motifs is 1. The van der Waals surface area contributed by atoms with Crippen LogP contribution in [0.4, 0.5) is 0 Å². The molecule has 1 aliphatic rings. The van der Waals surface area contributed by atoms with E-state index in [1.165, 1.54) is 20.9 Å². The number of rotatable bonds is 4. The summed E-state index contributed by atoms with van der Waals surface area (Å²) in [5.41, 5.74) is 2.68. The first-order valence-corrected chi connectivity index (χ1v) is 8.94. The van der Waals surface area contributed by atoms with Gasteiger partial charge in [0.25, 0.3) is 0 Å². The van der Waals surface area contributed by atoms with Gasteiger partial charge in [-0.15, -0.1) is 22.7 Å².